The zero-order chi connectivity index (χ0) is 19.6. The molecule has 1 saturated carbocycles. The molecule has 1 aromatic heterocycles. The van der Waals surface area contributed by atoms with Crippen molar-refractivity contribution in [3.63, 3.8) is 0 Å². The molecule has 2 fully saturated rings. The van der Waals surface area contributed by atoms with Crippen molar-refractivity contribution in [2.75, 3.05) is 13.7 Å². The van der Waals surface area contributed by atoms with E-state index in [1.165, 1.54) is 7.11 Å². The van der Waals surface area contributed by atoms with Crippen LogP contribution in [0.25, 0.3) is 0 Å². The van der Waals surface area contributed by atoms with Gasteiger partial charge in [-0.1, -0.05) is 19.3 Å². The van der Waals surface area contributed by atoms with Crippen LogP contribution in [0.4, 0.5) is 4.79 Å². The molecular formula is C19H26N4O4. The monoisotopic (exact) mass is 374 g/mol. The van der Waals surface area contributed by atoms with Crippen molar-refractivity contribution < 1.29 is 19.1 Å². The second-order valence-electron chi connectivity index (χ2n) is 7.31. The minimum Gasteiger partial charge on any atom is -0.481 e. The summed E-state index contributed by atoms with van der Waals surface area (Å²) < 4.78 is 5.29. The van der Waals surface area contributed by atoms with Gasteiger partial charge in [-0.15, -0.1) is 0 Å². The SMILES string of the molecule is COc1nc(C)cc(C)c1CNC(=O)CN1C(=O)NC2(CCCCC2)C1=O. The Balaban J connectivity index is 1.63. The van der Waals surface area contributed by atoms with Gasteiger partial charge in [0, 0.05) is 17.8 Å². The maximum Gasteiger partial charge on any atom is 0.325 e. The summed E-state index contributed by atoms with van der Waals surface area (Å²) in [6.45, 7) is 3.72. The lowest BCUT2D eigenvalue weighted by molar-refractivity contribution is -0.135. The molecule has 1 aliphatic heterocycles. The number of aryl methyl sites for hydroxylation is 2. The van der Waals surface area contributed by atoms with E-state index in [1.807, 2.05) is 19.9 Å². The molecule has 3 rings (SSSR count). The van der Waals surface area contributed by atoms with Crippen LogP contribution in [0, 0.1) is 13.8 Å². The van der Waals surface area contributed by atoms with E-state index in [1.54, 1.807) is 0 Å². The van der Waals surface area contributed by atoms with Crippen LogP contribution in [0.15, 0.2) is 6.07 Å². The average Bonchev–Trinajstić information content (AvgIpc) is 2.85. The molecule has 8 heteroatoms. The first-order valence-electron chi connectivity index (χ1n) is 9.28. The van der Waals surface area contributed by atoms with E-state index in [2.05, 4.69) is 15.6 Å². The number of hydrogen-bond donors (Lipinski definition) is 2. The minimum atomic E-state index is -0.809. The quantitative estimate of drug-likeness (QED) is 0.762. The van der Waals surface area contributed by atoms with Crippen LogP contribution in [0.3, 0.4) is 0 Å². The minimum absolute atomic E-state index is 0.218. The summed E-state index contributed by atoms with van der Waals surface area (Å²) in [5, 5.41) is 5.57. The normalized spacial score (nSPS) is 18.6. The van der Waals surface area contributed by atoms with E-state index >= 15 is 0 Å². The zero-order valence-electron chi connectivity index (χ0n) is 16.1. The van der Waals surface area contributed by atoms with E-state index < -0.39 is 17.5 Å². The van der Waals surface area contributed by atoms with Gasteiger partial charge in [-0.2, -0.15) is 0 Å². The summed E-state index contributed by atoms with van der Waals surface area (Å²) >= 11 is 0. The fraction of sp³-hybridized carbons (Fsp3) is 0.579. The van der Waals surface area contributed by atoms with Gasteiger partial charge in [-0.3, -0.25) is 14.5 Å². The number of ether oxygens (including phenoxy) is 1. The van der Waals surface area contributed by atoms with Crippen LogP contribution in [-0.2, 0) is 16.1 Å². The lowest BCUT2D eigenvalue weighted by Gasteiger charge is -2.30. The first kappa shape index (κ1) is 19.1. The summed E-state index contributed by atoms with van der Waals surface area (Å²) in [6.07, 6.45) is 4.16. The van der Waals surface area contributed by atoms with Crippen LogP contribution in [0.5, 0.6) is 5.88 Å². The molecular weight excluding hydrogens is 348 g/mol. The second-order valence-corrected chi connectivity index (χ2v) is 7.31. The number of imide groups is 1. The summed E-state index contributed by atoms with van der Waals surface area (Å²) in [7, 11) is 1.53. The number of nitrogens with one attached hydrogen (secondary N) is 2. The molecule has 8 nitrogen and oxygen atoms in total. The van der Waals surface area contributed by atoms with Crippen LogP contribution in [-0.4, -0.2) is 46.9 Å². The third-order valence-corrected chi connectivity index (χ3v) is 5.35. The predicted molar refractivity (Wildman–Crippen MR) is 98.2 cm³/mol. The van der Waals surface area contributed by atoms with E-state index in [0.717, 1.165) is 41.0 Å². The first-order chi connectivity index (χ1) is 12.9. The molecule has 0 radical (unpaired) electrons. The number of rotatable bonds is 5. The number of pyridine rings is 1. The molecule has 1 aromatic rings. The maximum atomic E-state index is 12.7. The summed E-state index contributed by atoms with van der Waals surface area (Å²) in [4.78, 5) is 42.7. The molecule has 4 amide bonds. The summed E-state index contributed by atoms with van der Waals surface area (Å²) in [5.41, 5.74) is 1.75. The van der Waals surface area contributed by atoms with Gasteiger partial charge in [0.2, 0.25) is 11.8 Å². The highest BCUT2D eigenvalue weighted by molar-refractivity contribution is 6.09. The van der Waals surface area contributed by atoms with E-state index in [4.69, 9.17) is 4.74 Å². The molecule has 1 saturated heterocycles. The molecule has 2 aliphatic rings. The summed E-state index contributed by atoms with van der Waals surface area (Å²) in [6, 6.07) is 1.43. The van der Waals surface area contributed by atoms with Gasteiger partial charge in [0.25, 0.3) is 5.91 Å². The number of carbonyl (C=O) groups is 3. The third-order valence-electron chi connectivity index (χ3n) is 5.35. The van der Waals surface area contributed by atoms with Crippen molar-refractivity contribution in [3.8, 4) is 5.88 Å². The Morgan fingerprint density at radius 1 is 1.30 bits per heavy atom. The van der Waals surface area contributed by atoms with E-state index in [9.17, 15) is 14.4 Å². The molecule has 2 N–H and O–H groups in total. The Labute approximate surface area is 158 Å². The standard InChI is InChI=1S/C19H26N4O4/c1-12-9-13(2)21-16(27-3)14(12)10-20-15(24)11-23-17(25)19(22-18(23)26)7-5-4-6-8-19/h9H,4-8,10-11H2,1-3H3,(H,20,24)(H,22,26). The Morgan fingerprint density at radius 2 is 2.00 bits per heavy atom. The summed E-state index contributed by atoms with van der Waals surface area (Å²) in [5.74, 6) is -0.217. The first-order valence-corrected chi connectivity index (χ1v) is 9.28. The molecule has 1 spiro atoms. The highest BCUT2D eigenvalue weighted by Gasteiger charge is 2.51. The van der Waals surface area contributed by atoms with Crippen LogP contribution in [0.2, 0.25) is 0 Å². The van der Waals surface area contributed by atoms with Crippen molar-refractivity contribution in [1.29, 1.82) is 0 Å². The maximum absolute atomic E-state index is 12.7. The molecule has 146 valence electrons. The van der Waals surface area contributed by atoms with Gasteiger partial charge in [-0.05, 0) is 38.3 Å². The topological polar surface area (TPSA) is 101 Å². The predicted octanol–water partition coefficient (Wildman–Crippen LogP) is 1.58. The molecule has 0 bridgehead atoms. The van der Waals surface area contributed by atoms with Gasteiger partial charge in [0.05, 0.1) is 7.11 Å². The van der Waals surface area contributed by atoms with Crippen molar-refractivity contribution in [2.24, 2.45) is 0 Å². The van der Waals surface area contributed by atoms with Crippen LogP contribution in [0.1, 0.15) is 48.9 Å². The van der Waals surface area contributed by atoms with Crippen molar-refractivity contribution in [3.05, 3.63) is 22.9 Å². The largest absolute Gasteiger partial charge is 0.481 e. The Bertz CT molecular complexity index is 771. The Hall–Kier alpha value is -2.64. The fourth-order valence-corrected chi connectivity index (χ4v) is 3.91. The van der Waals surface area contributed by atoms with E-state index in [-0.39, 0.29) is 19.0 Å². The van der Waals surface area contributed by atoms with Crippen LogP contribution < -0.4 is 15.4 Å². The molecule has 0 atom stereocenters. The molecule has 1 aliphatic carbocycles. The number of carbonyl (C=O) groups excluding carboxylic acids is 3. The van der Waals surface area contributed by atoms with Crippen molar-refractivity contribution >= 4 is 17.8 Å². The highest BCUT2D eigenvalue weighted by atomic mass is 16.5. The fourth-order valence-electron chi connectivity index (χ4n) is 3.91. The van der Waals surface area contributed by atoms with Crippen molar-refractivity contribution in [2.45, 2.75) is 58.0 Å². The number of hydrogen-bond acceptors (Lipinski definition) is 5. The van der Waals surface area contributed by atoms with E-state index in [0.29, 0.717) is 18.7 Å². The van der Waals surface area contributed by atoms with Gasteiger partial charge < -0.3 is 15.4 Å². The van der Waals surface area contributed by atoms with Gasteiger partial charge in [-0.25, -0.2) is 9.78 Å². The number of amides is 4. The number of methoxy groups -OCH3 is 1. The molecule has 27 heavy (non-hydrogen) atoms. The smallest absolute Gasteiger partial charge is 0.325 e. The second kappa shape index (κ2) is 7.54. The lowest BCUT2D eigenvalue weighted by Crippen LogP contribution is -2.49. The zero-order valence-corrected chi connectivity index (χ0v) is 16.1. The molecule has 0 unspecified atom stereocenters. The third kappa shape index (κ3) is 3.74. The number of nitrogens with zero attached hydrogens (tertiary/aromatic N) is 2. The number of urea groups is 1. The number of aromatic nitrogens is 1. The van der Waals surface area contributed by atoms with Crippen LogP contribution >= 0.6 is 0 Å². The van der Waals surface area contributed by atoms with Crippen molar-refractivity contribution in [1.82, 2.24) is 20.5 Å². The molecule has 2 heterocycles. The Morgan fingerprint density at radius 3 is 2.67 bits per heavy atom. The van der Waals surface area contributed by atoms with Gasteiger partial charge >= 0.3 is 6.03 Å². The van der Waals surface area contributed by atoms with Gasteiger partial charge in [0.15, 0.2) is 0 Å². The Kier molecular flexibility index (Phi) is 5.34. The lowest BCUT2D eigenvalue weighted by atomic mass is 9.82. The highest BCUT2D eigenvalue weighted by Crippen LogP contribution is 2.33. The average molecular weight is 374 g/mol. The van der Waals surface area contributed by atoms with Gasteiger partial charge in [0.1, 0.15) is 12.1 Å². The molecule has 0 aromatic carbocycles.